The van der Waals surface area contributed by atoms with Gasteiger partial charge < -0.3 is 19.3 Å². The lowest BCUT2D eigenvalue weighted by molar-refractivity contribution is 0.0224. The van der Waals surface area contributed by atoms with Crippen LogP contribution in [0.3, 0.4) is 0 Å². The molecule has 0 N–H and O–H groups in total. The molecule has 32 heavy (non-hydrogen) atoms. The number of benzene rings is 3. The van der Waals surface area contributed by atoms with Crippen molar-refractivity contribution in [1.29, 1.82) is 0 Å². The van der Waals surface area contributed by atoms with Gasteiger partial charge in [-0.05, 0) is 37.3 Å². The van der Waals surface area contributed by atoms with Gasteiger partial charge in [-0.2, -0.15) is 0 Å². The van der Waals surface area contributed by atoms with E-state index in [1.54, 1.807) is 12.1 Å². The minimum Gasteiger partial charge on any atom is -0.456 e. The lowest BCUT2D eigenvalue weighted by Gasteiger charge is -2.37. The number of ether oxygens (including phenoxy) is 2. The predicted octanol–water partition coefficient (Wildman–Crippen LogP) is 4.59. The van der Waals surface area contributed by atoms with Crippen molar-refractivity contribution in [3.8, 4) is 11.5 Å². The monoisotopic (exact) mass is 428 g/mol. The average molecular weight is 428 g/mol. The number of fused-ring (bicyclic) bond motifs is 6. The molecule has 6 nitrogen and oxygen atoms in total. The van der Waals surface area contributed by atoms with Crippen LogP contribution in [-0.2, 0) is 10.3 Å². The summed E-state index contributed by atoms with van der Waals surface area (Å²) in [6.07, 6.45) is 0. The summed E-state index contributed by atoms with van der Waals surface area (Å²) >= 11 is 0. The maximum Gasteiger partial charge on any atom is 0.340 e. The van der Waals surface area contributed by atoms with Gasteiger partial charge in [0, 0.05) is 74.0 Å². The highest BCUT2D eigenvalue weighted by atomic mass is 16.6. The lowest BCUT2D eigenvalue weighted by Crippen LogP contribution is -2.33. The van der Waals surface area contributed by atoms with Gasteiger partial charge in [-0.1, -0.05) is 12.1 Å². The van der Waals surface area contributed by atoms with Gasteiger partial charge >= 0.3 is 5.97 Å². The second-order valence-corrected chi connectivity index (χ2v) is 8.64. The molecule has 2 heterocycles. The van der Waals surface area contributed by atoms with E-state index in [9.17, 15) is 9.59 Å². The van der Waals surface area contributed by atoms with E-state index < -0.39 is 11.6 Å². The molecule has 0 amide bonds. The summed E-state index contributed by atoms with van der Waals surface area (Å²) in [4.78, 5) is 29.0. The smallest absolute Gasteiger partial charge is 0.340 e. The Labute approximate surface area is 187 Å². The third-order valence-electron chi connectivity index (χ3n) is 6.21. The molecule has 3 aromatic carbocycles. The summed E-state index contributed by atoms with van der Waals surface area (Å²) in [5.41, 5.74) is 3.94. The number of rotatable bonds is 3. The Hall–Kier alpha value is -3.80. The van der Waals surface area contributed by atoms with Crippen LogP contribution < -0.4 is 14.5 Å². The number of hydrogen-bond donors (Lipinski definition) is 0. The number of Topliss-reactive ketones (excluding diaryl/α,β-unsaturated/α-hetero) is 1. The molecule has 0 unspecified atom stereocenters. The number of esters is 1. The fourth-order valence-corrected chi connectivity index (χ4v) is 4.48. The normalized spacial score (nSPS) is 14.7. The Morgan fingerprint density at radius 3 is 1.81 bits per heavy atom. The maximum atomic E-state index is 13.1. The van der Waals surface area contributed by atoms with Crippen LogP contribution in [0.25, 0.3) is 0 Å². The van der Waals surface area contributed by atoms with Crippen molar-refractivity contribution in [2.45, 2.75) is 12.5 Å². The third kappa shape index (κ3) is 2.72. The minimum absolute atomic E-state index is 0.0967. The van der Waals surface area contributed by atoms with Crippen molar-refractivity contribution in [3.05, 3.63) is 82.4 Å². The second-order valence-electron chi connectivity index (χ2n) is 8.64. The van der Waals surface area contributed by atoms with Crippen LogP contribution in [0.5, 0.6) is 11.5 Å². The molecule has 6 heteroatoms. The zero-order chi connectivity index (χ0) is 22.8. The molecule has 0 bridgehead atoms. The Bertz CT molecular complexity index is 1240. The molecule has 0 radical (unpaired) electrons. The second kappa shape index (κ2) is 6.85. The molecule has 2 aliphatic rings. The van der Waals surface area contributed by atoms with Gasteiger partial charge in [0.25, 0.3) is 0 Å². The van der Waals surface area contributed by atoms with Crippen LogP contribution in [0.2, 0.25) is 0 Å². The highest BCUT2D eigenvalue weighted by Gasteiger charge is 2.53. The molecule has 3 aromatic rings. The zero-order valence-corrected chi connectivity index (χ0v) is 18.7. The molecule has 5 rings (SSSR count). The first-order valence-electron chi connectivity index (χ1n) is 10.4. The first kappa shape index (κ1) is 20.1. The van der Waals surface area contributed by atoms with E-state index >= 15 is 0 Å². The molecule has 0 saturated carbocycles. The lowest BCUT2D eigenvalue weighted by atomic mass is 9.77. The molecular weight excluding hydrogens is 404 g/mol. The van der Waals surface area contributed by atoms with E-state index in [4.69, 9.17) is 9.47 Å². The van der Waals surface area contributed by atoms with Crippen LogP contribution in [0.1, 0.15) is 44.3 Å². The molecule has 0 fully saturated rings. The van der Waals surface area contributed by atoms with Crippen LogP contribution in [0, 0.1) is 0 Å². The molecular formula is C26H24N2O4. The molecule has 2 aliphatic heterocycles. The van der Waals surface area contributed by atoms with Gasteiger partial charge in [0.15, 0.2) is 11.4 Å². The highest BCUT2D eigenvalue weighted by Crippen LogP contribution is 2.57. The standard InChI is InChI=1S/C26H24N2O4/c1-15(29)16-6-9-20-19(12-16)25(30)32-26(20)21-10-7-17(27(2)3)13-23(21)31-24-14-18(28(4)5)8-11-22(24)26/h6-14H,1-5H3. The van der Waals surface area contributed by atoms with E-state index in [1.807, 2.05) is 80.5 Å². The number of ketones is 1. The van der Waals surface area contributed by atoms with Crippen molar-refractivity contribution in [3.63, 3.8) is 0 Å². The number of carbonyl (C=O) groups is 2. The van der Waals surface area contributed by atoms with Gasteiger partial charge in [0.05, 0.1) is 5.56 Å². The number of anilines is 2. The van der Waals surface area contributed by atoms with Gasteiger partial charge in [-0.3, -0.25) is 4.79 Å². The fourth-order valence-electron chi connectivity index (χ4n) is 4.48. The minimum atomic E-state index is -1.14. The largest absolute Gasteiger partial charge is 0.456 e. The summed E-state index contributed by atoms with van der Waals surface area (Å²) in [7, 11) is 7.86. The van der Waals surface area contributed by atoms with Gasteiger partial charge in [-0.15, -0.1) is 0 Å². The zero-order valence-electron chi connectivity index (χ0n) is 18.7. The number of nitrogens with zero attached hydrogens (tertiary/aromatic N) is 2. The van der Waals surface area contributed by atoms with Crippen LogP contribution in [0.15, 0.2) is 54.6 Å². The van der Waals surface area contributed by atoms with E-state index in [2.05, 4.69) is 0 Å². The Balaban J connectivity index is 1.82. The molecule has 1 spiro atoms. The van der Waals surface area contributed by atoms with E-state index in [0.717, 1.165) is 22.5 Å². The molecule has 0 aromatic heterocycles. The SMILES string of the molecule is CC(=O)c1ccc2c(c1)C(=O)OC21c2ccc(N(C)C)cc2Oc2cc(N(C)C)ccc21. The summed E-state index contributed by atoms with van der Waals surface area (Å²) in [5, 5.41) is 0. The number of carbonyl (C=O) groups excluding carboxylic acids is 2. The van der Waals surface area contributed by atoms with Crippen molar-refractivity contribution in [2.75, 3.05) is 38.0 Å². The first-order chi connectivity index (χ1) is 15.2. The fraction of sp³-hybridized carbons (Fsp3) is 0.231. The van der Waals surface area contributed by atoms with Crippen molar-refractivity contribution in [1.82, 2.24) is 0 Å². The van der Waals surface area contributed by atoms with Crippen molar-refractivity contribution < 1.29 is 19.1 Å². The first-order valence-corrected chi connectivity index (χ1v) is 10.4. The van der Waals surface area contributed by atoms with Crippen molar-refractivity contribution >= 4 is 23.1 Å². The Morgan fingerprint density at radius 1 is 0.781 bits per heavy atom. The van der Waals surface area contributed by atoms with Gasteiger partial charge in [-0.25, -0.2) is 4.79 Å². The maximum absolute atomic E-state index is 13.1. The Morgan fingerprint density at radius 2 is 1.31 bits per heavy atom. The van der Waals surface area contributed by atoms with E-state index in [1.165, 1.54) is 6.92 Å². The quantitative estimate of drug-likeness (QED) is 0.449. The van der Waals surface area contributed by atoms with Crippen molar-refractivity contribution in [2.24, 2.45) is 0 Å². The topological polar surface area (TPSA) is 59.1 Å². The van der Waals surface area contributed by atoms with E-state index in [-0.39, 0.29) is 5.78 Å². The highest BCUT2D eigenvalue weighted by molar-refractivity contribution is 6.01. The van der Waals surface area contributed by atoms with Crippen LogP contribution >= 0.6 is 0 Å². The molecule has 0 aliphatic carbocycles. The summed E-state index contributed by atoms with van der Waals surface area (Å²) in [6.45, 7) is 1.49. The summed E-state index contributed by atoms with van der Waals surface area (Å²) < 4.78 is 12.6. The molecule has 0 saturated heterocycles. The van der Waals surface area contributed by atoms with Crippen LogP contribution in [0.4, 0.5) is 11.4 Å². The van der Waals surface area contributed by atoms with Gasteiger partial charge in [0.2, 0.25) is 0 Å². The predicted molar refractivity (Wildman–Crippen MR) is 123 cm³/mol. The van der Waals surface area contributed by atoms with Gasteiger partial charge in [0.1, 0.15) is 11.5 Å². The third-order valence-corrected chi connectivity index (χ3v) is 6.21. The Kier molecular flexibility index (Phi) is 4.31. The van der Waals surface area contributed by atoms with Crippen LogP contribution in [-0.4, -0.2) is 39.9 Å². The number of hydrogen-bond acceptors (Lipinski definition) is 6. The average Bonchev–Trinajstić information content (AvgIpc) is 3.05. The molecule has 0 atom stereocenters. The summed E-state index contributed by atoms with van der Waals surface area (Å²) in [6, 6.07) is 17.0. The van der Waals surface area contributed by atoms with E-state index in [0.29, 0.717) is 28.2 Å². The molecule has 162 valence electrons. The summed E-state index contributed by atoms with van der Waals surface area (Å²) in [5.74, 6) is 0.725.